The maximum atomic E-state index is 6.07. The van der Waals surface area contributed by atoms with Crippen LogP contribution in [0.2, 0.25) is 0 Å². The van der Waals surface area contributed by atoms with Gasteiger partial charge < -0.3 is 25.8 Å². The molecule has 6 aromatic rings. The standard InChI is InChI=1S/C48H40N4O2/c49-30-35(47-50-22-24-53-47)14-9-17-41-40-15-7-8-16-42(40)46(45-21-19-36(31-52-45)48-51-23-25-54-48)43-20-18-34(29-44(41)43)39-27-37(32-10-3-1-4-11-32)26-38(28-39)33-12-5-2-6-13-33/h1-16,19,21-31,47-48,50-51H,17-18,20,49H2/b14-9-,35-30+. The van der Waals surface area contributed by atoms with Crippen LogP contribution < -0.4 is 16.4 Å². The van der Waals surface area contributed by atoms with Crippen LogP contribution in [0.5, 0.6) is 0 Å². The summed E-state index contributed by atoms with van der Waals surface area (Å²) in [6.45, 7) is 0. The van der Waals surface area contributed by atoms with Gasteiger partial charge in [0, 0.05) is 41.5 Å². The molecule has 0 fully saturated rings. The third-order valence-electron chi connectivity index (χ3n) is 10.5. The number of allylic oxidation sites excluding steroid dienone is 2. The quantitative estimate of drug-likeness (QED) is 0.130. The van der Waals surface area contributed by atoms with Crippen LogP contribution in [0.15, 0.2) is 170 Å². The van der Waals surface area contributed by atoms with Crippen molar-refractivity contribution in [1.82, 2.24) is 15.6 Å². The maximum Gasteiger partial charge on any atom is 0.196 e. The summed E-state index contributed by atoms with van der Waals surface area (Å²) < 4.78 is 11.4. The Hall–Kier alpha value is -6.79. The molecule has 0 radical (unpaired) electrons. The summed E-state index contributed by atoms with van der Waals surface area (Å²) >= 11 is 0. The number of aromatic nitrogens is 1. The Kier molecular flexibility index (Phi) is 8.99. The highest BCUT2D eigenvalue weighted by atomic mass is 16.5. The number of benzene rings is 5. The summed E-state index contributed by atoms with van der Waals surface area (Å²) in [5.41, 5.74) is 21.3. The molecule has 1 aromatic heterocycles. The minimum absolute atomic E-state index is 0.225. The fraction of sp³-hybridized carbons (Fsp3) is 0.104. The van der Waals surface area contributed by atoms with Crippen molar-refractivity contribution < 1.29 is 9.47 Å². The fourth-order valence-electron chi connectivity index (χ4n) is 7.85. The molecular weight excluding hydrogens is 665 g/mol. The van der Waals surface area contributed by atoms with E-state index in [1.165, 1.54) is 66.4 Å². The summed E-state index contributed by atoms with van der Waals surface area (Å²) in [4.78, 5) is 5.06. The second kappa shape index (κ2) is 14.7. The first-order valence-corrected chi connectivity index (χ1v) is 18.4. The molecule has 5 aromatic carbocycles. The third kappa shape index (κ3) is 6.43. The molecule has 0 bridgehead atoms. The van der Waals surface area contributed by atoms with E-state index in [9.17, 15) is 0 Å². The van der Waals surface area contributed by atoms with Gasteiger partial charge in [0.1, 0.15) is 12.5 Å². The van der Waals surface area contributed by atoms with Crippen LogP contribution >= 0.6 is 0 Å². The van der Waals surface area contributed by atoms with E-state index in [0.717, 1.165) is 29.7 Å². The van der Waals surface area contributed by atoms with E-state index in [1.807, 2.05) is 12.4 Å². The monoisotopic (exact) mass is 704 g/mol. The summed E-state index contributed by atoms with van der Waals surface area (Å²) in [6, 6.07) is 41.4. The van der Waals surface area contributed by atoms with Crippen LogP contribution in [-0.4, -0.2) is 11.2 Å². The lowest BCUT2D eigenvalue weighted by Gasteiger charge is -2.26. The SMILES string of the molecule is N/C=C(\C=C/Cc1c2c(c(-c3ccc(C4NC=CO4)cn3)c3ccccc13)CCC(c1cc(-c3ccccc3)cc(-c3ccccc3)c1)=C2)C1NC=CO1. The molecule has 0 saturated carbocycles. The minimum atomic E-state index is -0.295. The molecule has 0 amide bonds. The van der Waals surface area contributed by atoms with E-state index in [4.69, 9.17) is 20.2 Å². The molecule has 2 unspecified atom stereocenters. The number of ether oxygens (including phenoxy) is 2. The van der Waals surface area contributed by atoms with Crippen molar-refractivity contribution >= 4 is 22.4 Å². The summed E-state index contributed by atoms with van der Waals surface area (Å²) in [5, 5.41) is 8.85. The van der Waals surface area contributed by atoms with Gasteiger partial charge in [-0.15, -0.1) is 0 Å². The number of hydrogen-bond acceptors (Lipinski definition) is 6. The normalized spacial score (nSPS) is 17.5. The second-order valence-corrected chi connectivity index (χ2v) is 13.7. The Morgan fingerprint density at radius 1 is 0.722 bits per heavy atom. The number of nitrogens with one attached hydrogen (secondary N) is 2. The number of fused-ring (bicyclic) bond motifs is 2. The maximum absolute atomic E-state index is 6.07. The Labute approximate surface area is 315 Å². The zero-order valence-corrected chi connectivity index (χ0v) is 29.8. The molecule has 6 heteroatoms. The van der Waals surface area contributed by atoms with Gasteiger partial charge in [-0.05, 0) is 110 Å². The largest absolute Gasteiger partial charge is 0.473 e. The second-order valence-electron chi connectivity index (χ2n) is 13.7. The molecule has 6 nitrogen and oxygen atoms in total. The Balaban J connectivity index is 1.21. The van der Waals surface area contributed by atoms with Crippen molar-refractivity contribution in [2.24, 2.45) is 5.73 Å². The van der Waals surface area contributed by atoms with Crippen LogP contribution in [0, 0.1) is 0 Å². The zero-order valence-electron chi connectivity index (χ0n) is 29.8. The van der Waals surface area contributed by atoms with Crippen molar-refractivity contribution in [3.8, 4) is 33.5 Å². The lowest BCUT2D eigenvalue weighted by molar-refractivity contribution is 0.154. The molecule has 2 aliphatic heterocycles. The van der Waals surface area contributed by atoms with Crippen LogP contribution in [0.3, 0.4) is 0 Å². The zero-order chi connectivity index (χ0) is 36.3. The van der Waals surface area contributed by atoms with Gasteiger partial charge in [-0.3, -0.25) is 4.98 Å². The number of hydrogen-bond donors (Lipinski definition) is 3. The highest BCUT2D eigenvalue weighted by Crippen LogP contribution is 2.44. The number of nitrogens with two attached hydrogens (primary N) is 1. The van der Waals surface area contributed by atoms with Gasteiger partial charge >= 0.3 is 0 Å². The highest BCUT2D eigenvalue weighted by molar-refractivity contribution is 6.04. The predicted molar refractivity (Wildman–Crippen MR) is 219 cm³/mol. The Bertz CT molecular complexity index is 2410. The predicted octanol–water partition coefficient (Wildman–Crippen LogP) is 10.2. The topological polar surface area (TPSA) is 81.4 Å². The molecule has 0 saturated heterocycles. The van der Waals surface area contributed by atoms with E-state index in [0.29, 0.717) is 6.42 Å². The summed E-state index contributed by atoms with van der Waals surface area (Å²) in [5.74, 6) is 0. The first kappa shape index (κ1) is 33.1. The van der Waals surface area contributed by atoms with Gasteiger partial charge in [0.2, 0.25) is 0 Å². The molecule has 9 rings (SSSR count). The summed E-state index contributed by atoms with van der Waals surface area (Å²) in [7, 11) is 0. The molecule has 264 valence electrons. The minimum Gasteiger partial charge on any atom is -0.473 e. The average Bonchev–Trinajstić information content (AvgIpc) is 3.99. The highest BCUT2D eigenvalue weighted by Gasteiger charge is 2.25. The van der Waals surface area contributed by atoms with Crippen molar-refractivity contribution in [1.29, 1.82) is 0 Å². The fourth-order valence-corrected chi connectivity index (χ4v) is 7.85. The molecule has 3 heterocycles. The van der Waals surface area contributed by atoms with Crippen LogP contribution in [0.1, 0.15) is 40.5 Å². The molecule has 0 spiro atoms. The molecular formula is C48H40N4O2. The smallest absolute Gasteiger partial charge is 0.196 e. The van der Waals surface area contributed by atoms with Crippen LogP contribution in [0.25, 0.3) is 55.9 Å². The molecule has 3 aliphatic rings. The van der Waals surface area contributed by atoms with Gasteiger partial charge in [0.25, 0.3) is 0 Å². The van der Waals surface area contributed by atoms with Gasteiger partial charge in [-0.25, -0.2) is 0 Å². The molecule has 2 atom stereocenters. The Morgan fingerprint density at radius 3 is 2.06 bits per heavy atom. The molecule has 4 N–H and O–H groups in total. The van der Waals surface area contributed by atoms with Crippen molar-refractivity contribution in [3.63, 3.8) is 0 Å². The first-order chi connectivity index (χ1) is 26.7. The van der Waals surface area contributed by atoms with Crippen LogP contribution in [-0.2, 0) is 22.3 Å². The van der Waals surface area contributed by atoms with Crippen molar-refractivity contribution in [2.45, 2.75) is 31.7 Å². The van der Waals surface area contributed by atoms with Gasteiger partial charge in [0.05, 0.1) is 5.69 Å². The van der Waals surface area contributed by atoms with Gasteiger partial charge in [0.15, 0.2) is 12.5 Å². The van der Waals surface area contributed by atoms with E-state index >= 15 is 0 Å². The van der Waals surface area contributed by atoms with Crippen LogP contribution in [0.4, 0.5) is 0 Å². The number of pyridine rings is 1. The van der Waals surface area contributed by atoms with E-state index in [2.05, 4.69) is 144 Å². The van der Waals surface area contributed by atoms with E-state index < -0.39 is 0 Å². The Morgan fingerprint density at radius 2 is 1.41 bits per heavy atom. The van der Waals surface area contributed by atoms with E-state index in [1.54, 1.807) is 24.9 Å². The average molecular weight is 705 g/mol. The third-order valence-corrected chi connectivity index (χ3v) is 10.5. The van der Waals surface area contributed by atoms with Gasteiger partial charge in [-0.2, -0.15) is 0 Å². The van der Waals surface area contributed by atoms with E-state index in [-0.39, 0.29) is 12.5 Å². The number of rotatable bonds is 9. The van der Waals surface area contributed by atoms with Crippen molar-refractivity contribution in [2.75, 3.05) is 0 Å². The number of nitrogens with zero attached hydrogens (tertiary/aromatic N) is 1. The molecule has 1 aliphatic carbocycles. The lowest BCUT2D eigenvalue weighted by atomic mass is 9.79. The first-order valence-electron chi connectivity index (χ1n) is 18.4. The van der Waals surface area contributed by atoms with Crippen molar-refractivity contribution in [3.05, 3.63) is 198 Å². The lowest BCUT2D eigenvalue weighted by Crippen LogP contribution is -2.23. The van der Waals surface area contributed by atoms with Gasteiger partial charge in [-0.1, -0.05) is 103 Å². The summed E-state index contributed by atoms with van der Waals surface area (Å²) in [6.07, 6.45) is 19.2. The molecule has 54 heavy (non-hydrogen) atoms.